The zero-order valence-electron chi connectivity index (χ0n) is 4.51. The van der Waals surface area contributed by atoms with Gasteiger partial charge in [-0.2, -0.15) is 0 Å². The van der Waals surface area contributed by atoms with Crippen LogP contribution in [0.5, 0.6) is 0 Å². The van der Waals surface area contributed by atoms with Crippen LogP contribution in [0.4, 0.5) is 4.39 Å². The second-order valence-corrected chi connectivity index (χ2v) is 1.95. The molecule has 48 valence electrons. The van der Waals surface area contributed by atoms with E-state index >= 15 is 0 Å². The van der Waals surface area contributed by atoms with Crippen LogP contribution >= 0.6 is 0 Å². The molecule has 3 heteroatoms. The van der Waals surface area contributed by atoms with Crippen molar-refractivity contribution < 1.29 is 14.2 Å². The van der Waals surface area contributed by atoms with Crippen LogP contribution in [0.25, 0.3) is 0 Å². The maximum absolute atomic E-state index is 12.2. The predicted molar refractivity (Wildman–Crippen MR) is 26.3 cm³/mol. The SMILES string of the molecule is O[C@H]1CCOC[C@@H]1F. The van der Waals surface area contributed by atoms with Gasteiger partial charge < -0.3 is 9.84 Å². The monoisotopic (exact) mass is 120 g/mol. The van der Waals surface area contributed by atoms with Crippen LogP contribution in [-0.2, 0) is 4.74 Å². The molecule has 0 amide bonds. The summed E-state index contributed by atoms with van der Waals surface area (Å²) in [5.74, 6) is 0. The molecule has 1 saturated heterocycles. The van der Waals surface area contributed by atoms with Crippen LogP contribution < -0.4 is 0 Å². The Morgan fingerprint density at radius 1 is 1.62 bits per heavy atom. The molecule has 1 fully saturated rings. The second-order valence-electron chi connectivity index (χ2n) is 1.95. The van der Waals surface area contributed by atoms with E-state index in [1.807, 2.05) is 0 Å². The lowest BCUT2D eigenvalue weighted by molar-refractivity contribution is -0.0493. The van der Waals surface area contributed by atoms with Crippen molar-refractivity contribution in [3.8, 4) is 0 Å². The van der Waals surface area contributed by atoms with Gasteiger partial charge in [0.2, 0.25) is 0 Å². The molecule has 1 aliphatic rings. The van der Waals surface area contributed by atoms with Gasteiger partial charge in [0.05, 0.1) is 12.7 Å². The molecule has 0 aliphatic carbocycles. The summed E-state index contributed by atoms with van der Waals surface area (Å²) in [7, 11) is 0. The lowest BCUT2D eigenvalue weighted by Gasteiger charge is -2.20. The lowest BCUT2D eigenvalue weighted by atomic mass is 10.1. The van der Waals surface area contributed by atoms with Crippen LogP contribution in [0, 0.1) is 0 Å². The summed E-state index contributed by atoms with van der Waals surface area (Å²) in [5.41, 5.74) is 0. The molecular formula is C5H9FO2. The van der Waals surface area contributed by atoms with E-state index in [0.717, 1.165) is 0 Å². The molecule has 8 heavy (non-hydrogen) atoms. The number of alkyl halides is 1. The van der Waals surface area contributed by atoms with E-state index in [1.165, 1.54) is 0 Å². The molecule has 1 N–H and O–H groups in total. The van der Waals surface area contributed by atoms with Crippen molar-refractivity contribution in [2.45, 2.75) is 18.7 Å². The van der Waals surface area contributed by atoms with Gasteiger partial charge in [-0.1, -0.05) is 0 Å². The average molecular weight is 120 g/mol. The number of hydrogen-bond donors (Lipinski definition) is 1. The van der Waals surface area contributed by atoms with Gasteiger partial charge in [0.25, 0.3) is 0 Å². The van der Waals surface area contributed by atoms with Crippen molar-refractivity contribution >= 4 is 0 Å². The fourth-order valence-electron chi connectivity index (χ4n) is 0.692. The summed E-state index contributed by atoms with van der Waals surface area (Å²) in [6.07, 6.45) is -1.52. The van der Waals surface area contributed by atoms with Crippen molar-refractivity contribution in [3.63, 3.8) is 0 Å². The van der Waals surface area contributed by atoms with Crippen molar-refractivity contribution in [1.29, 1.82) is 0 Å². The summed E-state index contributed by atoms with van der Waals surface area (Å²) in [4.78, 5) is 0. The van der Waals surface area contributed by atoms with Crippen molar-refractivity contribution in [2.24, 2.45) is 0 Å². The van der Waals surface area contributed by atoms with Gasteiger partial charge in [-0.3, -0.25) is 0 Å². The Hall–Kier alpha value is -0.150. The Bertz CT molecular complexity index is 66.8. The van der Waals surface area contributed by atoms with E-state index in [9.17, 15) is 4.39 Å². The highest BCUT2D eigenvalue weighted by Crippen LogP contribution is 2.09. The molecule has 2 atom stereocenters. The number of aliphatic hydroxyl groups is 1. The first-order valence-corrected chi connectivity index (χ1v) is 2.70. The smallest absolute Gasteiger partial charge is 0.149 e. The fraction of sp³-hybridized carbons (Fsp3) is 1.00. The van der Waals surface area contributed by atoms with Gasteiger partial charge in [-0.25, -0.2) is 4.39 Å². The summed E-state index contributed by atoms with van der Waals surface area (Å²) < 4.78 is 16.9. The lowest BCUT2D eigenvalue weighted by Crippen LogP contribution is -2.32. The zero-order valence-corrected chi connectivity index (χ0v) is 4.51. The maximum Gasteiger partial charge on any atom is 0.149 e. The van der Waals surface area contributed by atoms with Gasteiger partial charge >= 0.3 is 0 Å². The zero-order chi connectivity index (χ0) is 5.98. The standard InChI is InChI=1S/C5H9FO2/c6-4-3-8-2-1-5(4)7/h4-5,7H,1-3H2/t4-,5-/m0/s1. The Morgan fingerprint density at radius 3 is 2.75 bits per heavy atom. The highest BCUT2D eigenvalue weighted by atomic mass is 19.1. The molecule has 0 bridgehead atoms. The van der Waals surface area contributed by atoms with E-state index in [2.05, 4.69) is 0 Å². The predicted octanol–water partition coefficient (Wildman–Crippen LogP) is 0.106. The van der Waals surface area contributed by atoms with E-state index in [0.29, 0.717) is 13.0 Å². The maximum atomic E-state index is 12.2. The van der Waals surface area contributed by atoms with E-state index in [4.69, 9.17) is 9.84 Å². The van der Waals surface area contributed by atoms with Gasteiger partial charge in [0.15, 0.2) is 0 Å². The quantitative estimate of drug-likeness (QED) is 0.491. The van der Waals surface area contributed by atoms with Crippen LogP contribution in [0.15, 0.2) is 0 Å². The Morgan fingerprint density at radius 2 is 2.38 bits per heavy atom. The van der Waals surface area contributed by atoms with Crippen molar-refractivity contribution in [2.75, 3.05) is 13.2 Å². The second kappa shape index (κ2) is 2.42. The molecule has 0 unspecified atom stereocenters. The van der Waals surface area contributed by atoms with Crippen LogP contribution in [0.3, 0.4) is 0 Å². The minimum Gasteiger partial charge on any atom is -0.390 e. The first-order valence-electron chi connectivity index (χ1n) is 2.70. The van der Waals surface area contributed by atoms with Gasteiger partial charge in [-0.15, -0.1) is 0 Å². The third kappa shape index (κ3) is 1.17. The van der Waals surface area contributed by atoms with Crippen molar-refractivity contribution in [3.05, 3.63) is 0 Å². The van der Waals surface area contributed by atoms with E-state index < -0.39 is 12.3 Å². The molecule has 0 aromatic carbocycles. The van der Waals surface area contributed by atoms with Gasteiger partial charge in [0, 0.05) is 6.61 Å². The normalized spacial score (nSPS) is 39.8. The number of halogens is 1. The third-order valence-electron chi connectivity index (χ3n) is 1.25. The molecule has 2 nitrogen and oxygen atoms in total. The number of hydrogen-bond acceptors (Lipinski definition) is 2. The number of aliphatic hydroxyl groups excluding tert-OH is 1. The van der Waals surface area contributed by atoms with Crippen molar-refractivity contribution in [1.82, 2.24) is 0 Å². The summed E-state index contributed by atoms with van der Waals surface area (Å²) in [5, 5.41) is 8.72. The minimum atomic E-state index is -1.16. The molecule has 0 radical (unpaired) electrons. The first-order chi connectivity index (χ1) is 3.80. The molecule has 0 aromatic rings. The molecule has 0 spiro atoms. The van der Waals surface area contributed by atoms with Gasteiger partial charge in [-0.05, 0) is 6.42 Å². The molecule has 0 saturated carbocycles. The van der Waals surface area contributed by atoms with Gasteiger partial charge in [0.1, 0.15) is 6.17 Å². The highest BCUT2D eigenvalue weighted by molar-refractivity contribution is 4.70. The molecular weight excluding hydrogens is 111 g/mol. The number of ether oxygens (including phenoxy) is 1. The third-order valence-corrected chi connectivity index (χ3v) is 1.25. The molecule has 1 aliphatic heterocycles. The summed E-state index contributed by atoms with van der Waals surface area (Å²) >= 11 is 0. The molecule has 1 rings (SSSR count). The first kappa shape index (κ1) is 5.98. The Labute approximate surface area is 47.3 Å². The fourth-order valence-corrected chi connectivity index (χ4v) is 0.692. The average Bonchev–Trinajstić information content (AvgIpc) is 1.77. The van der Waals surface area contributed by atoms with Crippen LogP contribution in [-0.4, -0.2) is 30.6 Å². The Balaban J connectivity index is 2.28. The highest BCUT2D eigenvalue weighted by Gasteiger charge is 2.22. The Kier molecular flexibility index (Phi) is 1.81. The van der Waals surface area contributed by atoms with Crippen LogP contribution in [0.1, 0.15) is 6.42 Å². The summed E-state index contributed by atoms with van der Waals surface area (Å²) in [6, 6.07) is 0. The summed E-state index contributed by atoms with van der Waals surface area (Å²) in [6.45, 7) is 0.544. The van der Waals surface area contributed by atoms with E-state index in [-0.39, 0.29) is 6.61 Å². The van der Waals surface area contributed by atoms with E-state index in [1.54, 1.807) is 0 Å². The van der Waals surface area contributed by atoms with Crippen LogP contribution in [0.2, 0.25) is 0 Å². The molecule has 0 aromatic heterocycles. The molecule has 1 heterocycles. The minimum absolute atomic E-state index is 0.0567. The number of rotatable bonds is 0. The topological polar surface area (TPSA) is 29.5 Å². The largest absolute Gasteiger partial charge is 0.390 e.